The lowest BCUT2D eigenvalue weighted by Gasteiger charge is -2.28. The molecule has 0 saturated heterocycles. The summed E-state index contributed by atoms with van der Waals surface area (Å²) in [6.45, 7) is 4.73. The van der Waals surface area contributed by atoms with Crippen molar-refractivity contribution in [2.75, 3.05) is 4.90 Å². The maximum Gasteiger partial charge on any atom is 0.0476 e. The summed E-state index contributed by atoms with van der Waals surface area (Å²) >= 11 is 1.87. The molecule has 0 aliphatic heterocycles. The highest BCUT2D eigenvalue weighted by Gasteiger charge is 2.35. The topological polar surface area (TPSA) is 3.24 Å². The molecule has 0 unspecified atom stereocenters. The zero-order valence-corrected chi connectivity index (χ0v) is 27.1. The molecule has 47 heavy (non-hydrogen) atoms. The first kappa shape index (κ1) is 26.7. The average molecular weight is 618 g/mol. The highest BCUT2D eigenvalue weighted by Crippen LogP contribution is 2.51. The molecule has 0 spiro atoms. The van der Waals surface area contributed by atoms with Crippen LogP contribution in [-0.4, -0.2) is 0 Å². The molecule has 0 amide bonds. The van der Waals surface area contributed by atoms with Gasteiger partial charge < -0.3 is 4.90 Å². The largest absolute Gasteiger partial charge is 0.310 e. The molecular formula is C45H31NS. The fraction of sp³-hybridized carbons (Fsp3) is 0.0667. The summed E-state index contributed by atoms with van der Waals surface area (Å²) in [6, 6.07) is 56.5. The Morgan fingerprint density at radius 1 is 0.426 bits per heavy atom. The third kappa shape index (κ3) is 3.89. The van der Waals surface area contributed by atoms with Crippen LogP contribution in [0.2, 0.25) is 0 Å². The monoisotopic (exact) mass is 617 g/mol. The quantitative estimate of drug-likeness (QED) is 0.178. The van der Waals surface area contributed by atoms with Crippen LogP contribution in [0.3, 0.4) is 0 Å². The predicted molar refractivity (Wildman–Crippen MR) is 204 cm³/mol. The van der Waals surface area contributed by atoms with E-state index in [0.717, 1.165) is 5.69 Å². The molecule has 10 rings (SSSR count). The predicted octanol–water partition coefficient (Wildman–Crippen LogP) is 13.3. The van der Waals surface area contributed by atoms with Gasteiger partial charge in [-0.25, -0.2) is 0 Å². The number of anilines is 3. The first-order valence-electron chi connectivity index (χ1n) is 16.3. The van der Waals surface area contributed by atoms with Crippen LogP contribution in [0, 0.1) is 0 Å². The molecular weight excluding hydrogens is 587 g/mol. The van der Waals surface area contributed by atoms with Crippen LogP contribution in [0.4, 0.5) is 17.1 Å². The molecule has 1 aliphatic rings. The molecule has 1 aromatic heterocycles. The van der Waals surface area contributed by atoms with Crippen LogP contribution in [0.25, 0.3) is 63.6 Å². The fourth-order valence-corrected chi connectivity index (χ4v) is 9.22. The van der Waals surface area contributed by atoms with Gasteiger partial charge in [-0.05, 0) is 97.0 Å². The number of nitrogens with zero attached hydrogens (tertiary/aromatic N) is 1. The number of fused-ring (bicyclic) bond motifs is 11. The Bertz CT molecular complexity index is 2720. The number of rotatable bonds is 3. The molecule has 2 heteroatoms. The zero-order chi connectivity index (χ0) is 31.3. The smallest absolute Gasteiger partial charge is 0.0476 e. The SMILES string of the molecule is CC1(C)c2ccccc2-c2ccc(N(c3ccc4c(c3)sc3ccccc34)c3ccc4ccc5ccc6ccccc6c5c4c3)cc21. The maximum atomic E-state index is 2.46. The van der Waals surface area contributed by atoms with Crippen molar-refractivity contribution in [2.24, 2.45) is 0 Å². The van der Waals surface area contributed by atoms with E-state index in [1.54, 1.807) is 0 Å². The zero-order valence-electron chi connectivity index (χ0n) is 26.3. The molecule has 0 radical (unpaired) electrons. The van der Waals surface area contributed by atoms with Crippen LogP contribution in [0.15, 0.2) is 152 Å². The van der Waals surface area contributed by atoms with Gasteiger partial charge in [0.2, 0.25) is 0 Å². The Morgan fingerprint density at radius 3 is 1.91 bits per heavy atom. The molecule has 0 saturated carbocycles. The third-order valence-electron chi connectivity index (χ3n) is 10.4. The Balaban J connectivity index is 1.24. The molecule has 0 bridgehead atoms. The van der Waals surface area contributed by atoms with E-state index in [4.69, 9.17) is 0 Å². The minimum Gasteiger partial charge on any atom is -0.310 e. The normalized spacial score (nSPS) is 13.5. The number of hydrogen-bond donors (Lipinski definition) is 0. The lowest BCUT2D eigenvalue weighted by molar-refractivity contribution is 0.660. The lowest BCUT2D eigenvalue weighted by atomic mass is 9.82. The second-order valence-electron chi connectivity index (χ2n) is 13.4. The molecule has 8 aromatic carbocycles. The van der Waals surface area contributed by atoms with E-state index in [1.807, 2.05) is 11.3 Å². The second kappa shape index (κ2) is 9.78. The summed E-state index contributed by atoms with van der Waals surface area (Å²) in [4.78, 5) is 2.46. The van der Waals surface area contributed by atoms with Crippen molar-refractivity contribution in [2.45, 2.75) is 19.3 Å². The average Bonchev–Trinajstić information content (AvgIpc) is 3.59. The van der Waals surface area contributed by atoms with E-state index in [-0.39, 0.29) is 5.41 Å². The van der Waals surface area contributed by atoms with Crippen LogP contribution >= 0.6 is 11.3 Å². The van der Waals surface area contributed by atoms with Crippen LogP contribution < -0.4 is 4.90 Å². The van der Waals surface area contributed by atoms with Gasteiger partial charge >= 0.3 is 0 Å². The van der Waals surface area contributed by atoms with Crippen molar-refractivity contribution < 1.29 is 0 Å². The van der Waals surface area contributed by atoms with Crippen LogP contribution in [0.1, 0.15) is 25.0 Å². The van der Waals surface area contributed by atoms with Gasteiger partial charge in [0.05, 0.1) is 0 Å². The van der Waals surface area contributed by atoms with E-state index in [2.05, 4.69) is 170 Å². The molecule has 1 aliphatic carbocycles. The summed E-state index contributed by atoms with van der Waals surface area (Å²) in [7, 11) is 0. The van der Waals surface area contributed by atoms with Gasteiger partial charge in [0, 0.05) is 42.6 Å². The van der Waals surface area contributed by atoms with Crippen molar-refractivity contribution in [3.63, 3.8) is 0 Å². The fourth-order valence-electron chi connectivity index (χ4n) is 8.08. The number of thiophene rings is 1. The van der Waals surface area contributed by atoms with Crippen molar-refractivity contribution in [1.82, 2.24) is 0 Å². The Kier molecular flexibility index (Phi) is 5.57. The first-order valence-corrected chi connectivity index (χ1v) is 17.2. The van der Waals surface area contributed by atoms with Crippen molar-refractivity contribution in [3.8, 4) is 11.1 Å². The number of benzene rings is 8. The maximum absolute atomic E-state index is 2.46. The minimum absolute atomic E-state index is 0.0818. The van der Waals surface area contributed by atoms with Gasteiger partial charge in [0.1, 0.15) is 0 Å². The van der Waals surface area contributed by atoms with E-state index < -0.39 is 0 Å². The molecule has 0 N–H and O–H groups in total. The van der Waals surface area contributed by atoms with E-state index in [9.17, 15) is 0 Å². The van der Waals surface area contributed by atoms with Gasteiger partial charge in [0.15, 0.2) is 0 Å². The molecule has 0 fully saturated rings. The minimum atomic E-state index is -0.0818. The second-order valence-corrected chi connectivity index (χ2v) is 14.5. The van der Waals surface area contributed by atoms with Crippen molar-refractivity contribution in [3.05, 3.63) is 163 Å². The van der Waals surface area contributed by atoms with E-state index in [0.29, 0.717) is 0 Å². The van der Waals surface area contributed by atoms with Gasteiger partial charge in [-0.15, -0.1) is 11.3 Å². The van der Waals surface area contributed by atoms with Crippen LogP contribution in [-0.2, 0) is 5.41 Å². The summed E-state index contributed by atoms with van der Waals surface area (Å²) in [5.74, 6) is 0. The standard InChI is InChI=1S/C45H31NS/c1-45(2)40-13-7-5-11-35(40)36-23-21-32(26-41(36)45)46(33-22-24-38-37-12-6-8-14-42(37)47-43(38)27-33)31-20-19-29-16-18-30-17-15-28-9-3-4-10-34(28)44(30)39(29)25-31/h3-27H,1-2H3. The lowest BCUT2D eigenvalue weighted by Crippen LogP contribution is -2.16. The third-order valence-corrected chi connectivity index (χ3v) is 11.5. The Hall–Kier alpha value is -5.44. The van der Waals surface area contributed by atoms with E-state index >= 15 is 0 Å². The van der Waals surface area contributed by atoms with Crippen molar-refractivity contribution >= 4 is 80.9 Å². The Labute approximate surface area is 278 Å². The number of hydrogen-bond acceptors (Lipinski definition) is 2. The molecule has 0 atom stereocenters. The van der Waals surface area contributed by atoms with Crippen LogP contribution in [0.5, 0.6) is 0 Å². The van der Waals surface area contributed by atoms with Gasteiger partial charge in [-0.2, -0.15) is 0 Å². The molecule has 1 heterocycles. The van der Waals surface area contributed by atoms with Gasteiger partial charge in [-0.1, -0.05) is 123 Å². The van der Waals surface area contributed by atoms with Crippen molar-refractivity contribution in [1.29, 1.82) is 0 Å². The Morgan fingerprint density at radius 2 is 1.02 bits per heavy atom. The molecule has 9 aromatic rings. The first-order chi connectivity index (χ1) is 23.0. The van der Waals surface area contributed by atoms with Gasteiger partial charge in [0.25, 0.3) is 0 Å². The summed E-state index contributed by atoms with van der Waals surface area (Å²) in [5.41, 5.74) is 8.88. The summed E-state index contributed by atoms with van der Waals surface area (Å²) < 4.78 is 2.63. The highest BCUT2D eigenvalue weighted by atomic mass is 32.1. The summed E-state index contributed by atoms with van der Waals surface area (Å²) in [6.07, 6.45) is 0. The highest BCUT2D eigenvalue weighted by molar-refractivity contribution is 7.25. The van der Waals surface area contributed by atoms with E-state index in [1.165, 1.54) is 86.1 Å². The summed E-state index contributed by atoms with van der Waals surface area (Å²) in [5, 5.41) is 10.3. The van der Waals surface area contributed by atoms with Gasteiger partial charge in [-0.3, -0.25) is 0 Å². The molecule has 222 valence electrons. The molecule has 1 nitrogen and oxygen atoms in total.